The Morgan fingerprint density at radius 2 is 1.85 bits per heavy atom. The fourth-order valence-corrected chi connectivity index (χ4v) is 3.18. The first kappa shape index (κ1) is 23.7. The van der Waals surface area contributed by atoms with Gasteiger partial charge in [-0.1, -0.05) is 26.0 Å². The van der Waals surface area contributed by atoms with E-state index in [1.165, 1.54) is 5.56 Å². The minimum Gasteiger partial charge on any atom is -0.460 e. The van der Waals surface area contributed by atoms with Crippen LogP contribution in [-0.4, -0.2) is 23.6 Å². The molecule has 152 valence electrons. The summed E-state index contributed by atoms with van der Waals surface area (Å²) in [6.07, 6.45) is 3.33. The summed E-state index contributed by atoms with van der Waals surface area (Å²) in [5.41, 5.74) is 7.88. The van der Waals surface area contributed by atoms with Gasteiger partial charge < -0.3 is 15.8 Å². The number of nitrogens with two attached hydrogens (primary N) is 1. The van der Waals surface area contributed by atoms with E-state index in [9.17, 15) is 4.79 Å². The van der Waals surface area contributed by atoms with E-state index < -0.39 is 5.60 Å². The highest BCUT2D eigenvalue weighted by Crippen LogP contribution is 2.28. The molecule has 0 bridgehead atoms. The van der Waals surface area contributed by atoms with Gasteiger partial charge in [-0.05, 0) is 70.1 Å². The SMILES string of the molecule is CC(C)c1cccc(NC(N)=NC2CCC(C(=O)OC(C)(C)C)CC2)c1.I. The Balaban J connectivity index is 0.00000364. The predicted octanol–water partition coefficient (Wildman–Crippen LogP) is 5.06. The van der Waals surface area contributed by atoms with Crippen LogP contribution in [0.15, 0.2) is 29.3 Å². The minimum absolute atomic E-state index is 0. The Morgan fingerprint density at radius 3 is 2.41 bits per heavy atom. The molecule has 0 radical (unpaired) electrons. The van der Waals surface area contributed by atoms with E-state index in [2.05, 4.69) is 36.3 Å². The molecule has 0 aromatic heterocycles. The molecule has 1 aromatic rings. The quantitative estimate of drug-likeness (QED) is 0.270. The van der Waals surface area contributed by atoms with Crippen LogP contribution in [0, 0.1) is 5.92 Å². The van der Waals surface area contributed by atoms with Gasteiger partial charge in [0.2, 0.25) is 0 Å². The molecule has 0 amide bonds. The Labute approximate surface area is 180 Å². The third-order valence-electron chi connectivity index (χ3n) is 4.58. The molecular weight excluding hydrogens is 453 g/mol. The number of aliphatic imine (C=N–C) groups is 1. The summed E-state index contributed by atoms with van der Waals surface area (Å²) in [7, 11) is 0. The lowest BCUT2D eigenvalue weighted by Crippen LogP contribution is -2.32. The third-order valence-corrected chi connectivity index (χ3v) is 4.58. The predicted molar refractivity (Wildman–Crippen MR) is 123 cm³/mol. The number of esters is 1. The monoisotopic (exact) mass is 487 g/mol. The third kappa shape index (κ3) is 8.07. The van der Waals surface area contributed by atoms with Gasteiger partial charge in [0.05, 0.1) is 12.0 Å². The molecule has 27 heavy (non-hydrogen) atoms. The fraction of sp³-hybridized carbons (Fsp3) is 0.619. The highest BCUT2D eigenvalue weighted by molar-refractivity contribution is 14.0. The van der Waals surface area contributed by atoms with E-state index in [4.69, 9.17) is 10.5 Å². The molecule has 1 saturated carbocycles. The zero-order valence-corrected chi connectivity index (χ0v) is 19.4. The summed E-state index contributed by atoms with van der Waals surface area (Å²) >= 11 is 0. The van der Waals surface area contributed by atoms with Crippen LogP contribution in [-0.2, 0) is 9.53 Å². The maximum absolute atomic E-state index is 12.2. The number of benzene rings is 1. The lowest BCUT2D eigenvalue weighted by molar-refractivity contribution is -0.161. The van der Waals surface area contributed by atoms with Crippen LogP contribution in [0.1, 0.15) is 71.8 Å². The van der Waals surface area contributed by atoms with Gasteiger partial charge in [-0.15, -0.1) is 24.0 Å². The molecule has 5 nitrogen and oxygen atoms in total. The zero-order valence-electron chi connectivity index (χ0n) is 17.1. The number of carbonyl (C=O) groups is 1. The second-order valence-corrected chi connectivity index (χ2v) is 8.46. The molecule has 1 fully saturated rings. The molecule has 6 heteroatoms. The van der Waals surface area contributed by atoms with Crippen LogP contribution in [0.3, 0.4) is 0 Å². The van der Waals surface area contributed by atoms with Crippen LogP contribution >= 0.6 is 24.0 Å². The second-order valence-electron chi connectivity index (χ2n) is 8.46. The highest BCUT2D eigenvalue weighted by Gasteiger charge is 2.29. The number of halogens is 1. The minimum atomic E-state index is -0.426. The molecule has 0 heterocycles. The number of nitrogens with one attached hydrogen (secondary N) is 1. The largest absolute Gasteiger partial charge is 0.460 e. The number of nitrogens with zero attached hydrogens (tertiary/aromatic N) is 1. The lowest BCUT2D eigenvalue weighted by Gasteiger charge is -2.28. The first-order valence-corrected chi connectivity index (χ1v) is 9.57. The van der Waals surface area contributed by atoms with E-state index in [-0.39, 0.29) is 41.9 Å². The van der Waals surface area contributed by atoms with E-state index in [0.29, 0.717) is 11.9 Å². The van der Waals surface area contributed by atoms with Crippen molar-refractivity contribution in [3.05, 3.63) is 29.8 Å². The number of carbonyl (C=O) groups excluding carboxylic acids is 1. The smallest absolute Gasteiger partial charge is 0.309 e. The number of rotatable bonds is 4. The van der Waals surface area contributed by atoms with E-state index in [1.54, 1.807) is 0 Å². The summed E-state index contributed by atoms with van der Waals surface area (Å²) in [4.78, 5) is 16.8. The Hall–Kier alpha value is -1.31. The first-order valence-electron chi connectivity index (χ1n) is 9.57. The summed E-state index contributed by atoms with van der Waals surface area (Å²) in [6.45, 7) is 10.0. The molecule has 0 atom stereocenters. The molecule has 0 aliphatic heterocycles. The van der Waals surface area contributed by atoms with Crippen LogP contribution in [0.2, 0.25) is 0 Å². The lowest BCUT2D eigenvalue weighted by atomic mass is 9.86. The van der Waals surface area contributed by atoms with Crippen molar-refractivity contribution in [1.29, 1.82) is 0 Å². The zero-order chi connectivity index (χ0) is 19.3. The van der Waals surface area contributed by atoms with Crippen molar-refractivity contribution >= 4 is 41.6 Å². The van der Waals surface area contributed by atoms with Gasteiger partial charge in [0.25, 0.3) is 0 Å². The van der Waals surface area contributed by atoms with Crippen molar-refractivity contribution in [2.75, 3.05) is 5.32 Å². The van der Waals surface area contributed by atoms with E-state index >= 15 is 0 Å². The topological polar surface area (TPSA) is 76.7 Å². The molecule has 0 spiro atoms. The van der Waals surface area contributed by atoms with Crippen LogP contribution in [0.25, 0.3) is 0 Å². The van der Waals surface area contributed by atoms with Crippen molar-refractivity contribution < 1.29 is 9.53 Å². The molecule has 2 rings (SSSR count). The Kier molecular flexibility index (Phi) is 9.05. The molecule has 3 N–H and O–H groups in total. The van der Waals surface area contributed by atoms with Crippen molar-refractivity contribution in [1.82, 2.24) is 0 Å². The van der Waals surface area contributed by atoms with Gasteiger partial charge in [-0.2, -0.15) is 0 Å². The van der Waals surface area contributed by atoms with Gasteiger partial charge in [0.1, 0.15) is 5.60 Å². The molecule has 1 aromatic carbocycles. The van der Waals surface area contributed by atoms with Crippen molar-refractivity contribution in [3.63, 3.8) is 0 Å². The summed E-state index contributed by atoms with van der Waals surface area (Å²) in [5.74, 6) is 0.804. The number of guanidine groups is 1. The van der Waals surface area contributed by atoms with Crippen molar-refractivity contribution in [2.24, 2.45) is 16.6 Å². The van der Waals surface area contributed by atoms with Gasteiger partial charge in [-0.3, -0.25) is 4.79 Å². The normalized spacial score (nSPS) is 20.7. The first-order chi connectivity index (χ1) is 12.1. The number of ether oxygens (including phenoxy) is 1. The molecular formula is C21H34IN3O2. The average molecular weight is 487 g/mol. The van der Waals surface area contributed by atoms with Gasteiger partial charge in [0.15, 0.2) is 5.96 Å². The molecule has 1 aliphatic rings. The standard InChI is InChI=1S/C21H33N3O2.HI/c1-14(2)16-7-6-8-18(13-16)24-20(22)23-17-11-9-15(10-12-17)19(25)26-21(3,4)5;/h6-8,13-15,17H,9-12H2,1-5H3,(H3,22,23,24);1H. The summed E-state index contributed by atoms with van der Waals surface area (Å²) in [6, 6.07) is 8.40. The fourth-order valence-electron chi connectivity index (χ4n) is 3.18. The van der Waals surface area contributed by atoms with Crippen molar-refractivity contribution in [2.45, 2.75) is 77.9 Å². The van der Waals surface area contributed by atoms with Gasteiger partial charge >= 0.3 is 5.97 Å². The molecule has 0 unspecified atom stereocenters. The van der Waals surface area contributed by atoms with Crippen LogP contribution in [0.4, 0.5) is 5.69 Å². The molecule has 1 aliphatic carbocycles. The van der Waals surface area contributed by atoms with Crippen LogP contribution in [0.5, 0.6) is 0 Å². The second kappa shape index (κ2) is 10.3. The van der Waals surface area contributed by atoms with Gasteiger partial charge in [-0.25, -0.2) is 4.99 Å². The van der Waals surface area contributed by atoms with Crippen molar-refractivity contribution in [3.8, 4) is 0 Å². The Bertz CT molecular complexity index is 645. The summed E-state index contributed by atoms with van der Waals surface area (Å²) in [5, 5.41) is 3.19. The number of anilines is 1. The highest BCUT2D eigenvalue weighted by atomic mass is 127. The Morgan fingerprint density at radius 1 is 1.22 bits per heavy atom. The maximum atomic E-state index is 12.2. The molecule has 0 saturated heterocycles. The van der Waals surface area contributed by atoms with E-state index in [0.717, 1.165) is 31.4 Å². The number of hydrogen-bond acceptors (Lipinski definition) is 3. The number of hydrogen-bond donors (Lipinski definition) is 2. The van der Waals surface area contributed by atoms with E-state index in [1.807, 2.05) is 32.9 Å². The van der Waals surface area contributed by atoms with Crippen LogP contribution < -0.4 is 11.1 Å². The maximum Gasteiger partial charge on any atom is 0.309 e. The summed E-state index contributed by atoms with van der Waals surface area (Å²) < 4.78 is 5.49. The van der Waals surface area contributed by atoms with Gasteiger partial charge in [0, 0.05) is 5.69 Å². The average Bonchev–Trinajstić information content (AvgIpc) is 2.54.